The van der Waals surface area contributed by atoms with E-state index in [1.807, 2.05) is 72.8 Å². The van der Waals surface area contributed by atoms with Gasteiger partial charge in [0.1, 0.15) is 34.3 Å². The van der Waals surface area contributed by atoms with Crippen LogP contribution in [-0.4, -0.2) is 26.6 Å². The molecule has 4 aliphatic rings. The molecule has 5 atom stereocenters. The number of hydrogen-bond acceptors (Lipinski definition) is 8. The van der Waals surface area contributed by atoms with E-state index in [1.165, 1.54) is 40.7 Å². The van der Waals surface area contributed by atoms with E-state index in [1.54, 1.807) is 0 Å². The van der Waals surface area contributed by atoms with Crippen LogP contribution in [0.5, 0.6) is 0 Å². The molecule has 1 aliphatic heterocycles. The fourth-order valence-corrected chi connectivity index (χ4v) is 13.7. The van der Waals surface area contributed by atoms with Crippen LogP contribution in [0.2, 0.25) is 0 Å². The van der Waals surface area contributed by atoms with Gasteiger partial charge in [0, 0.05) is 54.8 Å². The average Bonchev–Trinajstić information content (AvgIpc) is 1.87. The van der Waals surface area contributed by atoms with Crippen LogP contribution < -0.4 is 5.32 Å². The number of allylic oxidation sites excluding steroid dienone is 2. The van der Waals surface area contributed by atoms with Gasteiger partial charge in [-0.15, -0.1) is 0 Å². The molecule has 4 heterocycles. The lowest BCUT2D eigenvalue weighted by Crippen LogP contribution is -2.33. The number of para-hydroxylation sites is 2. The van der Waals surface area contributed by atoms with Gasteiger partial charge in [-0.2, -0.15) is 0 Å². The maximum Gasteiger partial charge on any atom is 0.164 e. The Labute approximate surface area is 479 Å². The number of nitrogens with zero attached hydrogens (tertiary/aromatic N) is 5. The molecule has 17 rings (SSSR count). The van der Waals surface area contributed by atoms with Crippen LogP contribution in [0.1, 0.15) is 53.7 Å². The highest BCUT2D eigenvalue weighted by atomic mass is 16.3. The third-order valence-corrected chi connectivity index (χ3v) is 17.8. The van der Waals surface area contributed by atoms with Gasteiger partial charge in [-0.25, -0.2) is 24.9 Å². The first-order chi connectivity index (χ1) is 40.9. The molecule has 10 aromatic carbocycles. The third kappa shape index (κ3) is 7.92. The van der Waals surface area contributed by atoms with Gasteiger partial charge in [-0.05, 0) is 141 Å². The van der Waals surface area contributed by atoms with Gasteiger partial charge in [0.15, 0.2) is 23.3 Å². The quantitative estimate of drug-likeness (QED) is 0.152. The van der Waals surface area contributed by atoms with Gasteiger partial charge in [0.2, 0.25) is 0 Å². The summed E-state index contributed by atoms with van der Waals surface area (Å²) in [4.78, 5) is 25.9. The Morgan fingerprint density at radius 3 is 1.60 bits per heavy atom. The second-order valence-electron chi connectivity index (χ2n) is 22.9. The Hall–Kier alpha value is -10.3. The lowest BCUT2D eigenvalue weighted by molar-refractivity contribution is 0.504. The van der Waals surface area contributed by atoms with Crippen molar-refractivity contribution in [3.05, 3.63) is 270 Å². The molecule has 3 aliphatic carbocycles. The summed E-state index contributed by atoms with van der Waals surface area (Å²) >= 11 is 0. The molecule has 1 saturated carbocycles. The molecule has 1 fully saturated rings. The minimum absolute atomic E-state index is 0.276. The van der Waals surface area contributed by atoms with Gasteiger partial charge in [0.25, 0.3) is 0 Å². The van der Waals surface area contributed by atoms with E-state index in [9.17, 15) is 0 Å². The summed E-state index contributed by atoms with van der Waals surface area (Å²) in [6.07, 6.45) is 7.13. The molecular weight excluding hydrogens is 1020 g/mol. The van der Waals surface area contributed by atoms with Crippen LogP contribution in [0.15, 0.2) is 261 Å². The van der Waals surface area contributed by atoms with Crippen molar-refractivity contribution in [2.75, 3.05) is 0 Å². The van der Waals surface area contributed by atoms with Gasteiger partial charge in [0.05, 0.1) is 0 Å². The van der Waals surface area contributed by atoms with E-state index in [4.69, 9.17) is 33.8 Å². The molecule has 1 N–H and O–H groups in total. The van der Waals surface area contributed by atoms with Gasteiger partial charge in [-0.1, -0.05) is 189 Å². The zero-order valence-electron chi connectivity index (χ0n) is 45.4. The van der Waals surface area contributed by atoms with E-state index in [0.29, 0.717) is 41.1 Å². The number of amidine groups is 2. The van der Waals surface area contributed by atoms with Crippen molar-refractivity contribution in [3.63, 3.8) is 0 Å². The molecule has 0 saturated heterocycles. The summed E-state index contributed by atoms with van der Waals surface area (Å²) in [6.45, 7) is 2.39. The van der Waals surface area contributed by atoms with Crippen LogP contribution in [0.25, 0.3) is 111 Å². The van der Waals surface area contributed by atoms with Crippen LogP contribution in [-0.2, 0) is 5.41 Å². The number of hydrogen-bond donors (Lipinski definition) is 1. The Morgan fingerprint density at radius 2 is 0.928 bits per heavy atom. The minimum atomic E-state index is -0.388. The first-order valence-corrected chi connectivity index (χ1v) is 28.8. The van der Waals surface area contributed by atoms with Crippen LogP contribution in [0.3, 0.4) is 0 Å². The fourth-order valence-electron chi connectivity index (χ4n) is 13.7. The number of fused-ring (bicyclic) bond motifs is 13. The Bertz CT molecular complexity index is 4900. The summed E-state index contributed by atoms with van der Waals surface area (Å²) in [5.74, 6) is 4.90. The van der Waals surface area contributed by atoms with Crippen LogP contribution in [0.4, 0.5) is 0 Å². The fraction of sp³-hybridized carbons (Fsp3) is 0.107. The van der Waals surface area contributed by atoms with Crippen molar-refractivity contribution in [3.8, 4) is 67.5 Å². The highest BCUT2D eigenvalue weighted by Gasteiger charge is 2.58. The lowest BCUT2D eigenvalue weighted by Gasteiger charge is -2.30. The van der Waals surface area contributed by atoms with Gasteiger partial charge < -0.3 is 14.2 Å². The zero-order chi connectivity index (χ0) is 54.8. The molecular formula is C75H52N6O2. The Balaban J connectivity index is 0.730. The Morgan fingerprint density at radius 1 is 0.422 bits per heavy atom. The molecule has 394 valence electrons. The van der Waals surface area contributed by atoms with E-state index < -0.39 is 0 Å². The normalized spacial score (nSPS) is 19.5. The topological polar surface area (TPSA) is 102 Å². The van der Waals surface area contributed by atoms with E-state index >= 15 is 0 Å². The highest BCUT2D eigenvalue weighted by Crippen LogP contribution is 2.66. The standard InChI is InChI=1S/C75H52N6O2/c1-44-34-35-75(62-41-55(62)36-44)63-39-49(47-18-12-20-51(37-47)71-76-69(45-14-4-2-5-15-45)78-73(80-71)53-28-32-60-58-22-8-10-24-65(58)82-67(60)42-53)26-30-56(63)57-31-27-50(40-64(57)75)48-19-13-21-52(38-48)72-77-70(46-16-6-3-7-17-46)79-74(81-72)54-29-33-61-59-23-9-11-25-66(59)83-68(61)43-54/h2-35,37-40,42-44,55,62,71H,36,41H2,1H3,(H,76,78,80). The third-order valence-electron chi connectivity index (χ3n) is 17.8. The Kier molecular flexibility index (Phi) is 10.7. The largest absolute Gasteiger partial charge is 0.456 e. The molecule has 0 radical (unpaired) electrons. The molecule has 8 nitrogen and oxygen atoms in total. The van der Waals surface area contributed by atoms with Crippen LogP contribution in [0, 0.1) is 17.8 Å². The predicted octanol–water partition coefficient (Wildman–Crippen LogP) is 18.0. The minimum Gasteiger partial charge on any atom is -0.456 e. The summed E-state index contributed by atoms with van der Waals surface area (Å²) in [7, 11) is 0. The second-order valence-corrected chi connectivity index (χ2v) is 22.9. The number of rotatable bonds is 8. The van der Waals surface area contributed by atoms with E-state index in [2.05, 4.69) is 182 Å². The maximum absolute atomic E-state index is 6.35. The number of benzene rings is 10. The van der Waals surface area contributed by atoms with Crippen LogP contribution >= 0.6 is 0 Å². The smallest absolute Gasteiger partial charge is 0.164 e. The molecule has 1 spiro atoms. The van der Waals surface area contributed by atoms with Gasteiger partial charge >= 0.3 is 0 Å². The summed E-state index contributed by atoms with van der Waals surface area (Å²) in [6, 6.07) is 81.3. The molecule has 0 amide bonds. The number of furan rings is 2. The second kappa shape index (κ2) is 18.6. The number of aliphatic imine (C=N–C) groups is 2. The molecule has 3 aromatic heterocycles. The molecule has 5 unspecified atom stereocenters. The predicted molar refractivity (Wildman–Crippen MR) is 334 cm³/mol. The maximum atomic E-state index is 6.35. The first-order valence-electron chi connectivity index (χ1n) is 28.8. The zero-order valence-corrected chi connectivity index (χ0v) is 45.4. The number of nitrogens with one attached hydrogen (secondary N) is 1. The number of aromatic nitrogens is 3. The van der Waals surface area contributed by atoms with E-state index in [0.717, 1.165) is 99.8 Å². The monoisotopic (exact) mass is 1070 g/mol. The molecule has 0 bridgehead atoms. The SMILES string of the molecule is CC1C=CC2(c3cc(-c4cccc(-c5nc(-c6ccccc6)nc(-c6ccc7c(c6)oc6ccccc67)n5)c4)ccc3-c3ccc(-c4cccc(C5N=C(c6ccccc6)N=C(c6ccc7c(c6)oc6ccccc67)N5)c4)cc32)C2CC2C1. The molecule has 13 aromatic rings. The molecule has 8 heteroatoms. The van der Waals surface area contributed by atoms with Gasteiger partial charge in [-0.3, -0.25) is 0 Å². The first kappa shape index (κ1) is 47.5. The lowest BCUT2D eigenvalue weighted by atomic mass is 9.72. The van der Waals surface area contributed by atoms with Crippen molar-refractivity contribution in [2.24, 2.45) is 27.7 Å². The summed E-state index contributed by atoms with van der Waals surface area (Å²) < 4.78 is 12.7. The summed E-state index contributed by atoms with van der Waals surface area (Å²) in [5.41, 5.74) is 18.7. The van der Waals surface area contributed by atoms with Crippen molar-refractivity contribution >= 4 is 55.5 Å². The van der Waals surface area contributed by atoms with Crippen molar-refractivity contribution in [1.29, 1.82) is 0 Å². The van der Waals surface area contributed by atoms with E-state index in [-0.39, 0.29) is 11.6 Å². The van der Waals surface area contributed by atoms with Crippen molar-refractivity contribution in [1.82, 2.24) is 20.3 Å². The molecule has 83 heavy (non-hydrogen) atoms. The highest BCUT2D eigenvalue weighted by molar-refractivity contribution is 6.15. The van der Waals surface area contributed by atoms with Crippen molar-refractivity contribution < 1.29 is 8.83 Å². The average molecular weight is 1070 g/mol. The van der Waals surface area contributed by atoms with Crippen molar-refractivity contribution in [2.45, 2.75) is 31.3 Å². The summed E-state index contributed by atoms with van der Waals surface area (Å²) in [5, 5.41) is 8.07.